The summed E-state index contributed by atoms with van der Waals surface area (Å²) in [5.41, 5.74) is 1.91. The van der Waals surface area contributed by atoms with Crippen LogP contribution >= 0.6 is 0 Å². The van der Waals surface area contributed by atoms with Crippen molar-refractivity contribution >= 4 is 28.7 Å². The van der Waals surface area contributed by atoms with Crippen molar-refractivity contribution in [2.24, 2.45) is 10.4 Å². The summed E-state index contributed by atoms with van der Waals surface area (Å²) in [5.74, 6) is -1.09. The number of aromatic hydroxyl groups is 3. The Bertz CT molecular complexity index is 1220. The molecule has 2 aromatic carbocycles. The van der Waals surface area contributed by atoms with Gasteiger partial charge >= 0.3 is 0 Å². The first-order valence-corrected chi connectivity index (χ1v) is 11.0. The summed E-state index contributed by atoms with van der Waals surface area (Å²) < 4.78 is 1.35. The first-order chi connectivity index (χ1) is 15.9. The highest BCUT2D eigenvalue weighted by Gasteiger charge is 2.26. The Morgan fingerprint density at radius 1 is 1.00 bits per heavy atom. The van der Waals surface area contributed by atoms with E-state index in [-0.39, 0.29) is 58.0 Å². The maximum Gasteiger partial charge on any atom is 0.257 e. The number of carbonyl (C=O) groups excluding carboxylic acids is 1. The third-order valence-corrected chi connectivity index (χ3v) is 5.66. The predicted octanol–water partition coefficient (Wildman–Crippen LogP) is 5.24. The minimum atomic E-state index is -0.364. The lowest BCUT2D eigenvalue weighted by Crippen LogP contribution is -2.21. The number of benzene rings is 2. The summed E-state index contributed by atoms with van der Waals surface area (Å²) >= 11 is 0. The standard InChI is InChI=1S/C26H32N4O4/c1-16(26(2,3)4)27-20-21(25(34)30(24(20)33)15-17-11-8-7-9-12-17)28-19-14-10-13-18(22(19)31)23(32)29(5)6/h7-14,28,31,33-34H,15H2,1-6H3. The third kappa shape index (κ3) is 5.01. The van der Waals surface area contributed by atoms with Crippen molar-refractivity contribution in [3.05, 3.63) is 59.7 Å². The van der Waals surface area contributed by atoms with Crippen molar-refractivity contribution in [3.63, 3.8) is 0 Å². The SMILES string of the molecule is CC(=Nc1c(Nc2cccc(C(=O)N(C)C)c2O)c(O)n(Cc2ccccc2)c1O)C(C)(C)C. The number of anilines is 2. The number of nitrogens with zero attached hydrogens (tertiary/aromatic N) is 3. The fraction of sp³-hybridized carbons (Fsp3) is 0.308. The van der Waals surface area contributed by atoms with Crippen molar-refractivity contribution in [1.82, 2.24) is 9.47 Å². The molecule has 0 aliphatic carbocycles. The van der Waals surface area contributed by atoms with Gasteiger partial charge in [-0.15, -0.1) is 0 Å². The van der Waals surface area contributed by atoms with Gasteiger partial charge in [0.15, 0.2) is 11.4 Å². The second-order valence-electron chi connectivity index (χ2n) is 9.42. The zero-order chi connectivity index (χ0) is 25.2. The molecule has 3 aromatic rings. The zero-order valence-electron chi connectivity index (χ0n) is 20.4. The smallest absolute Gasteiger partial charge is 0.257 e. The van der Waals surface area contributed by atoms with E-state index >= 15 is 0 Å². The first kappa shape index (κ1) is 24.7. The number of carbonyl (C=O) groups is 1. The molecule has 0 aliphatic rings. The zero-order valence-corrected chi connectivity index (χ0v) is 20.4. The van der Waals surface area contributed by atoms with Crippen LogP contribution in [0.3, 0.4) is 0 Å². The fourth-order valence-electron chi connectivity index (χ4n) is 3.25. The topological polar surface area (TPSA) is 110 Å². The number of aliphatic imine (C=N–C) groups is 1. The Morgan fingerprint density at radius 3 is 2.24 bits per heavy atom. The molecule has 0 spiro atoms. The van der Waals surface area contributed by atoms with Crippen LogP contribution in [-0.4, -0.2) is 50.5 Å². The molecule has 0 unspecified atom stereocenters. The summed E-state index contributed by atoms with van der Waals surface area (Å²) in [6, 6.07) is 14.1. The molecular weight excluding hydrogens is 432 g/mol. The quantitative estimate of drug-likeness (QED) is 0.295. The lowest BCUT2D eigenvalue weighted by atomic mass is 9.91. The molecule has 1 aromatic heterocycles. The molecule has 4 N–H and O–H groups in total. The van der Waals surface area contributed by atoms with Crippen LogP contribution in [-0.2, 0) is 6.54 Å². The van der Waals surface area contributed by atoms with Crippen LogP contribution < -0.4 is 5.32 Å². The second kappa shape index (κ2) is 9.51. The monoisotopic (exact) mass is 464 g/mol. The van der Waals surface area contributed by atoms with Gasteiger partial charge in [-0.1, -0.05) is 57.2 Å². The number of para-hydroxylation sites is 1. The van der Waals surface area contributed by atoms with Gasteiger partial charge in [0.05, 0.1) is 17.8 Å². The third-order valence-electron chi connectivity index (χ3n) is 5.66. The van der Waals surface area contributed by atoms with Gasteiger partial charge in [0, 0.05) is 19.8 Å². The van der Waals surface area contributed by atoms with E-state index in [1.807, 2.05) is 58.0 Å². The van der Waals surface area contributed by atoms with Gasteiger partial charge in [-0.3, -0.25) is 9.36 Å². The molecule has 0 fully saturated rings. The minimum absolute atomic E-state index is 0.110. The van der Waals surface area contributed by atoms with Crippen molar-refractivity contribution in [2.75, 3.05) is 19.4 Å². The highest BCUT2D eigenvalue weighted by Crippen LogP contribution is 2.48. The number of rotatable bonds is 6. The average Bonchev–Trinajstić information content (AvgIpc) is 2.99. The number of phenols is 1. The van der Waals surface area contributed by atoms with Crippen molar-refractivity contribution in [1.29, 1.82) is 0 Å². The molecule has 1 heterocycles. The summed E-state index contributed by atoms with van der Waals surface area (Å²) in [4.78, 5) is 18.4. The minimum Gasteiger partial charge on any atom is -0.505 e. The van der Waals surface area contributed by atoms with Gasteiger partial charge in [0.25, 0.3) is 5.91 Å². The van der Waals surface area contributed by atoms with E-state index in [2.05, 4.69) is 10.3 Å². The van der Waals surface area contributed by atoms with E-state index in [1.54, 1.807) is 26.2 Å². The molecule has 0 aliphatic heterocycles. The maximum absolute atomic E-state index is 12.4. The Labute approximate surface area is 199 Å². The maximum atomic E-state index is 12.4. The molecule has 180 valence electrons. The summed E-state index contributed by atoms with van der Waals surface area (Å²) in [6.45, 7) is 8.06. The summed E-state index contributed by atoms with van der Waals surface area (Å²) in [6.07, 6.45) is 0. The number of aromatic nitrogens is 1. The summed E-state index contributed by atoms with van der Waals surface area (Å²) in [5, 5.41) is 35.9. The van der Waals surface area contributed by atoms with Crippen LogP contribution in [0.5, 0.6) is 17.5 Å². The van der Waals surface area contributed by atoms with Crippen LogP contribution in [0.15, 0.2) is 53.5 Å². The van der Waals surface area contributed by atoms with Crippen molar-refractivity contribution in [3.8, 4) is 17.5 Å². The number of hydrogen-bond donors (Lipinski definition) is 4. The molecular formula is C26H32N4O4. The van der Waals surface area contributed by atoms with E-state index in [4.69, 9.17) is 0 Å². The highest BCUT2D eigenvalue weighted by atomic mass is 16.3. The molecule has 0 saturated heterocycles. The molecule has 0 bridgehead atoms. The molecule has 3 rings (SSSR count). The van der Waals surface area contributed by atoms with E-state index in [1.165, 1.54) is 15.5 Å². The van der Waals surface area contributed by atoms with Gasteiger partial charge in [-0.2, -0.15) is 0 Å². The highest BCUT2D eigenvalue weighted by molar-refractivity contribution is 5.99. The molecule has 1 amide bonds. The Kier molecular flexibility index (Phi) is 6.91. The number of amides is 1. The van der Waals surface area contributed by atoms with Crippen molar-refractivity contribution in [2.45, 2.75) is 34.2 Å². The Morgan fingerprint density at radius 2 is 1.65 bits per heavy atom. The van der Waals surface area contributed by atoms with E-state index in [0.717, 1.165) is 11.3 Å². The van der Waals surface area contributed by atoms with Crippen LogP contribution in [0.25, 0.3) is 0 Å². The molecule has 8 heteroatoms. The molecule has 8 nitrogen and oxygen atoms in total. The molecule has 0 atom stereocenters. The second-order valence-corrected chi connectivity index (χ2v) is 9.42. The fourth-order valence-corrected chi connectivity index (χ4v) is 3.25. The van der Waals surface area contributed by atoms with Crippen LogP contribution in [0.2, 0.25) is 0 Å². The van der Waals surface area contributed by atoms with Gasteiger partial charge in [-0.25, -0.2) is 4.99 Å². The Balaban J connectivity index is 2.15. The number of nitrogens with one attached hydrogen (secondary N) is 1. The van der Waals surface area contributed by atoms with Crippen LogP contribution in [0.1, 0.15) is 43.6 Å². The van der Waals surface area contributed by atoms with Crippen LogP contribution in [0.4, 0.5) is 17.1 Å². The Hall–Kier alpha value is -3.94. The lowest BCUT2D eigenvalue weighted by molar-refractivity contribution is 0.0824. The molecule has 34 heavy (non-hydrogen) atoms. The van der Waals surface area contributed by atoms with Gasteiger partial charge < -0.3 is 25.5 Å². The van der Waals surface area contributed by atoms with E-state index in [0.29, 0.717) is 0 Å². The largest absolute Gasteiger partial charge is 0.505 e. The molecule has 0 saturated carbocycles. The van der Waals surface area contributed by atoms with Gasteiger partial charge in [0.1, 0.15) is 5.69 Å². The normalized spacial score (nSPS) is 12.0. The predicted molar refractivity (Wildman–Crippen MR) is 135 cm³/mol. The van der Waals surface area contributed by atoms with Crippen LogP contribution in [0, 0.1) is 5.41 Å². The first-order valence-electron chi connectivity index (χ1n) is 11.0. The molecule has 0 radical (unpaired) electrons. The average molecular weight is 465 g/mol. The van der Waals surface area contributed by atoms with E-state index < -0.39 is 0 Å². The van der Waals surface area contributed by atoms with Crippen molar-refractivity contribution < 1.29 is 20.1 Å². The lowest BCUT2D eigenvalue weighted by Gasteiger charge is -2.18. The number of hydrogen-bond acceptors (Lipinski definition) is 6. The summed E-state index contributed by atoms with van der Waals surface area (Å²) in [7, 11) is 3.19. The van der Waals surface area contributed by atoms with E-state index in [9.17, 15) is 20.1 Å². The number of phenolic OH excluding ortho intramolecular Hbond substituents is 1. The van der Waals surface area contributed by atoms with Gasteiger partial charge in [0.2, 0.25) is 11.8 Å². The van der Waals surface area contributed by atoms with Gasteiger partial charge in [-0.05, 0) is 30.0 Å².